The topological polar surface area (TPSA) is 51.1 Å². The van der Waals surface area contributed by atoms with Gasteiger partial charge in [-0.3, -0.25) is 9.79 Å². The second-order valence-electron chi connectivity index (χ2n) is 10.3. The van der Waals surface area contributed by atoms with Gasteiger partial charge in [-0.2, -0.15) is 0 Å². The number of allylic oxidation sites excluding steroid dienone is 1. The van der Waals surface area contributed by atoms with Crippen LogP contribution in [-0.4, -0.2) is 35.6 Å². The first kappa shape index (κ1) is 23.8. The molecule has 2 aromatic rings. The number of benzene rings is 2. The molecular weight excluding hydrogens is 436 g/mol. The Balaban J connectivity index is 1.62. The molecule has 3 aliphatic rings. The Morgan fingerprint density at radius 1 is 1.20 bits per heavy atom. The maximum atomic E-state index is 14.5. The van der Waals surface area contributed by atoms with E-state index in [9.17, 15) is 4.79 Å². The number of hydrogen-bond acceptors (Lipinski definition) is 4. The van der Waals surface area contributed by atoms with Crippen molar-refractivity contribution in [2.75, 3.05) is 7.11 Å². The number of aliphatic imine (C=N–C) groups is 1. The second kappa shape index (κ2) is 9.27. The van der Waals surface area contributed by atoms with Gasteiger partial charge in [-0.25, -0.2) is 0 Å². The predicted molar refractivity (Wildman–Crippen MR) is 138 cm³/mol. The monoisotopic (exact) mass is 472 g/mol. The maximum absolute atomic E-state index is 14.5. The molecule has 1 saturated heterocycles. The van der Waals surface area contributed by atoms with Crippen LogP contribution in [0.25, 0.3) is 0 Å². The van der Waals surface area contributed by atoms with E-state index in [1.54, 1.807) is 7.11 Å². The van der Waals surface area contributed by atoms with Crippen molar-refractivity contribution in [3.63, 3.8) is 0 Å². The first-order valence-electron chi connectivity index (χ1n) is 12.8. The highest BCUT2D eigenvalue weighted by Gasteiger charge is 2.68. The van der Waals surface area contributed by atoms with Crippen molar-refractivity contribution in [2.24, 2.45) is 16.3 Å². The number of hydrogen-bond donors (Lipinski definition) is 0. The van der Waals surface area contributed by atoms with Crippen molar-refractivity contribution >= 4 is 11.6 Å². The van der Waals surface area contributed by atoms with Gasteiger partial charge in [-0.15, -0.1) is 6.58 Å². The summed E-state index contributed by atoms with van der Waals surface area (Å²) in [6.07, 6.45) is 5.60. The highest BCUT2D eigenvalue weighted by molar-refractivity contribution is 6.02. The molecule has 1 saturated carbocycles. The summed E-state index contributed by atoms with van der Waals surface area (Å²) in [5.74, 6) is 1.26. The second-order valence-corrected chi connectivity index (χ2v) is 10.3. The Bertz CT molecular complexity index is 1110. The number of ether oxygens (including phenoxy) is 2. The van der Waals surface area contributed by atoms with Crippen molar-refractivity contribution in [1.82, 2.24) is 4.90 Å². The Kier molecular flexibility index (Phi) is 6.30. The normalized spacial score (nSPS) is 31.6. The van der Waals surface area contributed by atoms with E-state index in [0.29, 0.717) is 19.4 Å². The molecule has 2 bridgehead atoms. The van der Waals surface area contributed by atoms with E-state index in [2.05, 4.69) is 44.7 Å². The van der Waals surface area contributed by atoms with Crippen molar-refractivity contribution in [3.05, 3.63) is 78.4 Å². The quantitative estimate of drug-likeness (QED) is 0.436. The Morgan fingerprint density at radius 3 is 2.60 bits per heavy atom. The molecule has 5 nitrogen and oxygen atoms in total. The predicted octanol–water partition coefficient (Wildman–Crippen LogP) is 6.11. The van der Waals surface area contributed by atoms with Gasteiger partial charge in [0.05, 0.1) is 18.2 Å². The van der Waals surface area contributed by atoms with Gasteiger partial charge in [-0.1, -0.05) is 68.8 Å². The molecule has 2 fully saturated rings. The summed E-state index contributed by atoms with van der Waals surface area (Å²) in [7, 11) is 1.68. The molecule has 0 radical (unpaired) electrons. The van der Waals surface area contributed by atoms with E-state index in [0.717, 1.165) is 36.3 Å². The summed E-state index contributed by atoms with van der Waals surface area (Å²) in [4.78, 5) is 21.6. The first-order valence-corrected chi connectivity index (χ1v) is 12.8. The molecule has 5 atom stereocenters. The number of fused-ring (bicyclic) bond motifs is 1. The number of methoxy groups -OCH3 is 1. The lowest BCUT2D eigenvalue weighted by atomic mass is 9.66. The zero-order valence-electron chi connectivity index (χ0n) is 21.1. The third-order valence-corrected chi connectivity index (χ3v) is 8.40. The van der Waals surface area contributed by atoms with Crippen LogP contribution in [0.3, 0.4) is 0 Å². The van der Waals surface area contributed by atoms with Crippen molar-refractivity contribution in [1.29, 1.82) is 0 Å². The van der Waals surface area contributed by atoms with E-state index in [1.807, 2.05) is 41.3 Å². The lowest BCUT2D eigenvalue weighted by Gasteiger charge is -2.40. The maximum Gasteiger partial charge on any atom is 0.232 e. The summed E-state index contributed by atoms with van der Waals surface area (Å²) >= 11 is 0. The number of carbonyl (C=O) groups excluding carboxylic acids is 1. The third-order valence-electron chi connectivity index (χ3n) is 8.40. The average molecular weight is 473 g/mol. The zero-order chi connectivity index (χ0) is 24.6. The van der Waals surface area contributed by atoms with Gasteiger partial charge in [0, 0.05) is 13.0 Å². The Morgan fingerprint density at radius 2 is 1.94 bits per heavy atom. The summed E-state index contributed by atoms with van der Waals surface area (Å²) in [5.41, 5.74) is 1.98. The van der Waals surface area contributed by atoms with E-state index in [-0.39, 0.29) is 24.0 Å². The fraction of sp³-hybridized carbons (Fsp3) is 0.467. The minimum absolute atomic E-state index is 0.0977. The zero-order valence-corrected chi connectivity index (χ0v) is 21.1. The summed E-state index contributed by atoms with van der Waals surface area (Å²) in [5, 5.41) is 0. The van der Waals surface area contributed by atoms with E-state index in [1.165, 1.54) is 5.56 Å². The van der Waals surface area contributed by atoms with E-state index < -0.39 is 11.1 Å². The van der Waals surface area contributed by atoms with Crippen molar-refractivity contribution < 1.29 is 14.3 Å². The highest BCUT2D eigenvalue weighted by Crippen LogP contribution is 2.60. The fourth-order valence-corrected chi connectivity index (χ4v) is 6.52. The molecular formula is C30H36N2O3. The minimum atomic E-state index is -0.786. The first-order chi connectivity index (χ1) is 17.0. The number of nitrogens with zero attached hydrogens (tertiary/aromatic N) is 2. The molecule has 2 aliphatic heterocycles. The average Bonchev–Trinajstić information content (AvgIpc) is 3.29. The minimum Gasteiger partial charge on any atom is -0.497 e. The molecule has 35 heavy (non-hydrogen) atoms. The number of amides is 1. The fourth-order valence-electron chi connectivity index (χ4n) is 6.52. The van der Waals surface area contributed by atoms with Gasteiger partial charge in [-0.05, 0) is 54.4 Å². The van der Waals surface area contributed by atoms with Gasteiger partial charge in [0.25, 0.3) is 0 Å². The standard InChI is InChI=1S/C30H36N2O3/c1-5-10-27-31-26-18-25(23-13-15-24(34-4)16-14-23)21(3)29(17-6-2)20-30(26,35-27)32(28(29)33)19-22-11-8-7-9-12-22/h6-9,11-16,21,25,27H,2,5,10,17-20H2,1,3-4H3/t21-,25+,27-,29+,30+/m1/s1. The molecule has 5 rings (SSSR count). The molecule has 1 amide bonds. The van der Waals surface area contributed by atoms with Crippen molar-refractivity contribution in [2.45, 2.75) is 70.4 Å². The Labute approximate surface area is 208 Å². The van der Waals surface area contributed by atoms with E-state index >= 15 is 0 Å². The Hall–Kier alpha value is -2.92. The summed E-state index contributed by atoms with van der Waals surface area (Å²) in [6.45, 7) is 8.98. The van der Waals surface area contributed by atoms with Crippen LogP contribution >= 0.6 is 0 Å². The number of likely N-dealkylation sites (tertiary alicyclic amines) is 1. The molecule has 0 aromatic heterocycles. The molecule has 2 heterocycles. The summed E-state index contributed by atoms with van der Waals surface area (Å²) in [6, 6.07) is 18.5. The van der Waals surface area contributed by atoms with Gasteiger partial charge in [0.1, 0.15) is 5.75 Å². The van der Waals surface area contributed by atoms with Gasteiger partial charge < -0.3 is 14.4 Å². The molecule has 2 aromatic carbocycles. The molecule has 1 spiro atoms. The summed E-state index contributed by atoms with van der Waals surface area (Å²) < 4.78 is 12.2. The van der Waals surface area contributed by atoms with Gasteiger partial charge >= 0.3 is 0 Å². The molecule has 0 N–H and O–H groups in total. The van der Waals surface area contributed by atoms with Crippen LogP contribution in [0, 0.1) is 11.3 Å². The largest absolute Gasteiger partial charge is 0.497 e. The highest BCUT2D eigenvalue weighted by atomic mass is 16.6. The third kappa shape index (κ3) is 3.81. The van der Waals surface area contributed by atoms with Gasteiger partial charge in [0.15, 0.2) is 12.0 Å². The van der Waals surface area contributed by atoms with Crippen LogP contribution in [-0.2, 0) is 16.1 Å². The van der Waals surface area contributed by atoms with Crippen LogP contribution < -0.4 is 4.74 Å². The number of carbonyl (C=O) groups is 1. The van der Waals surface area contributed by atoms with Crippen LogP contribution in [0.4, 0.5) is 0 Å². The molecule has 184 valence electrons. The van der Waals surface area contributed by atoms with Crippen LogP contribution in [0.5, 0.6) is 5.75 Å². The molecule has 0 unspecified atom stereocenters. The van der Waals surface area contributed by atoms with Crippen LogP contribution in [0.2, 0.25) is 0 Å². The lowest BCUT2D eigenvalue weighted by Crippen LogP contribution is -2.52. The lowest BCUT2D eigenvalue weighted by molar-refractivity contribution is -0.152. The smallest absolute Gasteiger partial charge is 0.232 e. The van der Waals surface area contributed by atoms with E-state index in [4.69, 9.17) is 14.5 Å². The van der Waals surface area contributed by atoms with Crippen LogP contribution in [0.1, 0.15) is 63.0 Å². The van der Waals surface area contributed by atoms with Gasteiger partial charge in [0.2, 0.25) is 5.91 Å². The molecule has 5 heteroatoms. The SMILES string of the molecule is C=CC[C@]12C[C@@]3(O[C@H](CCC)N=C3C[C@H](c3ccc(OC)cc3)[C@H]1C)N(Cc1ccccc1)C2=O. The van der Waals surface area contributed by atoms with Crippen molar-refractivity contribution in [3.8, 4) is 5.75 Å². The molecule has 1 aliphatic carbocycles. The van der Waals surface area contributed by atoms with Crippen LogP contribution in [0.15, 0.2) is 72.2 Å². The number of rotatable bonds is 8.